The Balaban J connectivity index is 3.17. The smallest absolute Gasteiger partial charge is 0.357 e. The maximum atomic E-state index is 11.4. The van der Waals surface area contributed by atoms with Crippen LogP contribution in [0.5, 0.6) is 0 Å². The molecule has 0 aliphatic carbocycles. The molecular formula is C16H25NO2SSi. The number of aromatic nitrogens is 1. The van der Waals surface area contributed by atoms with E-state index in [0.717, 1.165) is 0 Å². The normalized spacial score (nSPS) is 11.7. The van der Waals surface area contributed by atoms with Crippen molar-refractivity contribution in [3.05, 3.63) is 16.1 Å². The van der Waals surface area contributed by atoms with Crippen LogP contribution in [0.1, 0.15) is 57.0 Å². The Hall–Kier alpha value is -1.12. The molecule has 0 saturated heterocycles. The van der Waals surface area contributed by atoms with E-state index < -0.39 is 14.0 Å². The minimum atomic E-state index is -1.75. The third-order valence-corrected chi connectivity index (χ3v) is 11.2. The molecule has 0 aliphatic rings. The van der Waals surface area contributed by atoms with Crippen LogP contribution >= 0.6 is 11.3 Å². The minimum Gasteiger partial charge on any atom is -0.464 e. The molecule has 0 saturated carbocycles. The zero-order valence-corrected chi connectivity index (χ0v) is 15.8. The summed E-state index contributed by atoms with van der Waals surface area (Å²) in [4.78, 5) is 15.7. The standard InChI is InChI=1S/C16H25NO2SSi/c1-11(2)21(12(3)4,13(5)6)9-8-15-17-14(10-20-15)16(18)19-7/h10-13H,1-7H3. The summed E-state index contributed by atoms with van der Waals surface area (Å²) in [5, 5.41) is 2.41. The first-order chi connectivity index (χ1) is 9.75. The van der Waals surface area contributed by atoms with Gasteiger partial charge in [0.15, 0.2) is 10.7 Å². The molecule has 0 amide bonds. The van der Waals surface area contributed by atoms with Gasteiger partial charge >= 0.3 is 5.97 Å². The van der Waals surface area contributed by atoms with Crippen LogP contribution in [-0.4, -0.2) is 26.1 Å². The Morgan fingerprint density at radius 1 is 1.19 bits per heavy atom. The first-order valence-electron chi connectivity index (χ1n) is 7.32. The van der Waals surface area contributed by atoms with Gasteiger partial charge in [-0.15, -0.1) is 16.9 Å². The minimum absolute atomic E-state index is 0.345. The molecule has 0 N–H and O–H groups in total. The Morgan fingerprint density at radius 3 is 2.14 bits per heavy atom. The fraction of sp³-hybridized carbons (Fsp3) is 0.625. The number of ether oxygens (including phenoxy) is 1. The molecule has 0 atom stereocenters. The monoisotopic (exact) mass is 323 g/mol. The number of thiazole rings is 1. The van der Waals surface area contributed by atoms with Gasteiger partial charge in [0, 0.05) is 5.38 Å². The van der Waals surface area contributed by atoms with E-state index >= 15 is 0 Å². The van der Waals surface area contributed by atoms with E-state index in [1.807, 2.05) is 0 Å². The van der Waals surface area contributed by atoms with E-state index in [4.69, 9.17) is 0 Å². The van der Waals surface area contributed by atoms with Gasteiger partial charge in [-0.25, -0.2) is 9.78 Å². The Labute approximate surface area is 133 Å². The van der Waals surface area contributed by atoms with Crippen LogP contribution in [0.15, 0.2) is 5.38 Å². The zero-order chi connectivity index (χ0) is 16.2. The largest absolute Gasteiger partial charge is 0.464 e. The lowest BCUT2D eigenvalue weighted by molar-refractivity contribution is 0.0595. The molecule has 3 nitrogen and oxygen atoms in total. The van der Waals surface area contributed by atoms with Crippen molar-refractivity contribution < 1.29 is 9.53 Å². The molecule has 21 heavy (non-hydrogen) atoms. The predicted octanol–water partition coefficient (Wildman–Crippen LogP) is 4.50. The molecule has 1 aromatic rings. The highest BCUT2D eigenvalue weighted by Gasteiger charge is 2.41. The van der Waals surface area contributed by atoms with Crippen LogP contribution in [0.3, 0.4) is 0 Å². The van der Waals surface area contributed by atoms with Gasteiger partial charge in [0.2, 0.25) is 0 Å². The lowest BCUT2D eigenvalue weighted by Gasteiger charge is -2.37. The Morgan fingerprint density at radius 2 is 1.71 bits per heavy atom. The van der Waals surface area contributed by atoms with Crippen LogP contribution in [0.2, 0.25) is 16.6 Å². The number of hydrogen-bond acceptors (Lipinski definition) is 4. The number of methoxy groups -OCH3 is 1. The summed E-state index contributed by atoms with van der Waals surface area (Å²) in [5.74, 6) is 2.84. The second-order valence-electron chi connectivity index (χ2n) is 6.18. The van der Waals surface area contributed by atoms with Crippen molar-refractivity contribution in [1.29, 1.82) is 0 Å². The number of hydrogen-bond donors (Lipinski definition) is 0. The van der Waals surface area contributed by atoms with E-state index in [1.165, 1.54) is 18.4 Å². The van der Waals surface area contributed by atoms with E-state index in [0.29, 0.717) is 27.3 Å². The van der Waals surface area contributed by atoms with Crippen LogP contribution < -0.4 is 0 Å². The van der Waals surface area contributed by atoms with E-state index in [9.17, 15) is 4.79 Å². The van der Waals surface area contributed by atoms with Crippen molar-refractivity contribution >= 4 is 25.4 Å². The van der Waals surface area contributed by atoms with Gasteiger partial charge in [-0.05, 0) is 22.5 Å². The third kappa shape index (κ3) is 3.75. The fourth-order valence-corrected chi connectivity index (χ4v) is 9.05. The van der Waals surface area contributed by atoms with Gasteiger partial charge in [-0.1, -0.05) is 41.5 Å². The van der Waals surface area contributed by atoms with Crippen LogP contribution in [0, 0.1) is 11.5 Å². The molecule has 1 heterocycles. The van der Waals surface area contributed by atoms with E-state index in [2.05, 4.69) is 62.7 Å². The predicted molar refractivity (Wildman–Crippen MR) is 91.4 cm³/mol. The van der Waals surface area contributed by atoms with Crippen molar-refractivity contribution in [3.8, 4) is 11.5 Å². The SMILES string of the molecule is COC(=O)c1csc(C#C[Si](C(C)C)(C(C)C)C(C)C)n1. The molecule has 0 aromatic carbocycles. The van der Waals surface area contributed by atoms with Crippen molar-refractivity contribution in [3.63, 3.8) is 0 Å². The number of carbonyl (C=O) groups is 1. The second kappa shape index (κ2) is 7.23. The summed E-state index contributed by atoms with van der Waals surface area (Å²) in [7, 11) is -0.385. The average Bonchev–Trinajstić information content (AvgIpc) is 2.86. The summed E-state index contributed by atoms with van der Waals surface area (Å²) in [6.45, 7) is 13.7. The molecular weight excluding hydrogens is 298 g/mol. The number of nitrogens with zero attached hydrogens (tertiary/aromatic N) is 1. The molecule has 5 heteroatoms. The average molecular weight is 324 g/mol. The third-order valence-electron chi connectivity index (χ3n) is 4.15. The van der Waals surface area contributed by atoms with Gasteiger partial charge < -0.3 is 4.74 Å². The molecule has 0 aliphatic heterocycles. The Kier molecular flexibility index (Phi) is 6.18. The van der Waals surface area contributed by atoms with Gasteiger partial charge in [0.25, 0.3) is 0 Å². The van der Waals surface area contributed by atoms with Gasteiger partial charge in [0.1, 0.15) is 8.07 Å². The van der Waals surface area contributed by atoms with Crippen molar-refractivity contribution in [2.45, 2.75) is 58.2 Å². The summed E-state index contributed by atoms with van der Waals surface area (Å²) >= 11 is 1.41. The van der Waals surface area contributed by atoms with E-state index in [-0.39, 0.29) is 0 Å². The lowest BCUT2D eigenvalue weighted by Crippen LogP contribution is -2.43. The van der Waals surface area contributed by atoms with Crippen LogP contribution in [0.4, 0.5) is 0 Å². The summed E-state index contributed by atoms with van der Waals surface area (Å²) in [6.07, 6.45) is 0. The summed E-state index contributed by atoms with van der Waals surface area (Å²) < 4.78 is 4.68. The number of carbonyl (C=O) groups excluding carboxylic acids is 1. The first kappa shape index (κ1) is 17.9. The van der Waals surface area contributed by atoms with Gasteiger partial charge in [-0.2, -0.15) is 0 Å². The highest BCUT2D eigenvalue weighted by Crippen LogP contribution is 2.40. The van der Waals surface area contributed by atoms with Gasteiger partial charge in [0.05, 0.1) is 7.11 Å². The quantitative estimate of drug-likeness (QED) is 0.465. The number of esters is 1. The fourth-order valence-electron chi connectivity index (χ4n) is 3.12. The van der Waals surface area contributed by atoms with Crippen LogP contribution in [-0.2, 0) is 4.74 Å². The maximum absolute atomic E-state index is 11.4. The highest BCUT2D eigenvalue weighted by molar-refractivity contribution is 7.10. The maximum Gasteiger partial charge on any atom is 0.357 e. The Bertz CT molecular complexity index is 530. The first-order valence-corrected chi connectivity index (χ1v) is 10.4. The zero-order valence-electron chi connectivity index (χ0n) is 14.0. The number of rotatable bonds is 4. The summed E-state index contributed by atoms with van der Waals surface area (Å²) in [6, 6.07) is 0. The van der Waals surface area contributed by atoms with Crippen LogP contribution in [0.25, 0.3) is 0 Å². The molecule has 0 unspecified atom stereocenters. The molecule has 0 radical (unpaired) electrons. The van der Waals surface area contributed by atoms with Crippen molar-refractivity contribution in [2.75, 3.05) is 7.11 Å². The van der Waals surface area contributed by atoms with Crippen molar-refractivity contribution in [2.24, 2.45) is 0 Å². The highest BCUT2D eigenvalue weighted by atomic mass is 32.1. The molecule has 0 spiro atoms. The summed E-state index contributed by atoms with van der Waals surface area (Å²) in [5.41, 5.74) is 5.71. The molecule has 0 fully saturated rings. The molecule has 116 valence electrons. The molecule has 0 bridgehead atoms. The van der Waals surface area contributed by atoms with Crippen molar-refractivity contribution in [1.82, 2.24) is 4.98 Å². The van der Waals surface area contributed by atoms with Gasteiger partial charge in [-0.3, -0.25) is 0 Å². The molecule has 1 rings (SSSR count). The van der Waals surface area contributed by atoms with E-state index in [1.54, 1.807) is 5.38 Å². The topological polar surface area (TPSA) is 39.2 Å². The lowest BCUT2D eigenvalue weighted by atomic mass is 10.5. The second-order valence-corrected chi connectivity index (χ2v) is 12.6. The molecule has 1 aromatic heterocycles.